The Kier molecular flexibility index (Phi) is 4.09. The zero-order valence-corrected chi connectivity index (χ0v) is 10.9. The fraction of sp³-hybridized carbons (Fsp3) is 0.231. The van der Waals surface area contributed by atoms with Gasteiger partial charge in [-0.05, 0) is 18.2 Å². The molecule has 0 amide bonds. The van der Waals surface area contributed by atoms with E-state index in [1.165, 1.54) is 20.4 Å². The zero-order chi connectivity index (χ0) is 14.7. The predicted octanol–water partition coefficient (Wildman–Crippen LogP) is 1.82. The monoisotopic (exact) mass is 281 g/mol. The van der Waals surface area contributed by atoms with Crippen molar-refractivity contribution in [2.45, 2.75) is 6.04 Å². The molecular formula is C13H13F2N3O2. The van der Waals surface area contributed by atoms with Gasteiger partial charge in [0.05, 0.1) is 26.5 Å². The van der Waals surface area contributed by atoms with E-state index in [0.717, 1.165) is 18.2 Å². The maximum absolute atomic E-state index is 13.7. The number of hydrogen-bond acceptors (Lipinski definition) is 5. The van der Waals surface area contributed by atoms with E-state index in [0.29, 0.717) is 0 Å². The van der Waals surface area contributed by atoms with E-state index in [1.807, 2.05) is 0 Å². The van der Waals surface area contributed by atoms with E-state index >= 15 is 0 Å². The second kappa shape index (κ2) is 5.79. The normalized spacial score (nSPS) is 12.1. The van der Waals surface area contributed by atoms with Crippen LogP contribution in [0.2, 0.25) is 0 Å². The molecule has 1 aromatic heterocycles. The van der Waals surface area contributed by atoms with Crippen molar-refractivity contribution < 1.29 is 18.3 Å². The molecule has 0 saturated carbocycles. The summed E-state index contributed by atoms with van der Waals surface area (Å²) in [6, 6.07) is 2.04. The number of nitrogens with two attached hydrogens (primary N) is 1. The highest BCUT2D eigenvalue weighted by atomic mass is 19.1. The van der Waals surface area contributed by atoms with E-state index in [2.05, 4.69) is 9.97 Å². The van der Waals surface area contributed by atoms with Crippen molar-refractivity contribution in [2.75, 3.05) is 14.2 Å². The van der Waals surface area contributed by atoms with Gasteiger partial charge in [0.25, 0.3) is 0 Å². The van der Waals surface area contributed by atoms with Gasteiger partial charge in [0, 0.05) is 5.56 Å². The van der Waals surface area contributed by atoms with Crippen LogP contribution in [0.4, 0.5) is 8.78 Å². The Labute approximate surface area is 114 Å². The number of ether oxygens (including phenoxy) is 2. The van der Waals surface area contributed by atoms with Crippen molar-refractivity contribution in [3.8, 4) is 11.8 Å². The molecule has 0 spiro atoms. The van der Waals surface area contributed by atoms with Crippen LogP contribution in [0.15, 0.2) is 24.4 Å². The van der Waals surface area contributed by atoms with Gasteiger partial charge in [-0.2, -0.15) is 4.98 Å². The van der Waals surface area contributed by atoms with Gasteiger partial charge >= 0.3 is 0 Å². The molecule has 2 aromatic rings. The van der Waals surface area contributed by atoms with Gasteiger partial charge in [-0.25, -0.2) is 13.8 Å². The lowest BCUT2D eigenvalue weighted by Gasteiger charge is -2.15. The highest BCUT2D eigenvalue weighted by molar-refractivity contribution is 5.34. The molecule has 2 rings (SSSR count). The molecular weight excluding hydrogens is 268 g/mol. The Morgan fingerprint density at radius 3 is 2.60 bits per heavy atom. The Morgan fingerprint density at radius 1 is 1.20 bits per heavy atom. The molecule has 0 radical (unpaired) electrons. The van der Waals surface area contributed by atoms with E-state index in [9.17, 15) is 8.78 Å². The molecule has 0 aliphatic heterocycles. The number of benzene rings is 1. The molecule has 0 aliphatic carbocycles. The molecule has 2 N–H and O–H groups in total. The summed E-state index contributed by atoms with van der Waals surface area (Å²) < 4.78 is 36.9. The quantitative estimate of drug-likeness (QED) is 0.925. The van der Waals surface area contributed by atoms with Crippen LogP contribution >= 0.6 is 0 Å². The third kappa shape index (κ3) is 2.67. The molecule has 1 aromatic carbocycles. The Hall–Kier alpha value is -2.28. The maximum Gasteiger partial charge on any atom is 0.240 e. The Balaban J connectivity index is 2.47. The Morgan fingerprint density at radius 2 is 1.95 bits per heavy atom. The van der Waals surface area contributed by atoms with Gasteiger partial charge in [-0.15, -0.1) is 0 Å². The Bertz CT molecular complexity index is 623. The maximum atomic E-state index is 13.7. The summed E-state index contributed by atoms with van der Waals surface area (Å²) in [5, 5.41) is 0. The zero-order valence-electron chi connectivity index (χ0n) is 10.9. The average molecular weight is 281 g/mol. The first-order valence-corrected chi connectivity index (χ1v) is 5.72. The molecule has 0 bridgehead atoms. The van der Waals surface area contributed by atoms with Gasteiger partial charge < -0.3 is 15.2 Å². The van der Waals surface area contributed by atoms with Crippen molar-refractivity contribution in [2.24, 2.45) is 5.73 Å². The average Bonchev–Trinajstić information content (AvgIpc) is 2.48. The SMILES string of the molecule is COc1cnc(C(N)c2cc(F)ccc2F)c(OC)n1. The van der Waals surface area contributed by atoms with Crippen molar-refractivity contribution in [3.63, 3.8) is 0 Å². The summed E-state index contributed by atoms with van der Waals surface area (Å²) in [4.78, 5) is 8.05. The first-order chi connectivity index (χ1) is 9.56. The summed E-state index contributed by atoms with van der Waals surface area (Å²) in [6.07, 6.45) is 1.33. The number of aromatic nitrogens is 2. The van der Waals surface area contributed by atoms with Crippen LogP contribution in [0.3, 0.4) is 0 Å². The smallest absolute Gasteiger partial charge is 0.240 e. The summed E-state index contributed by atoms with van der Waals surface area (Å²) >= 11 is 0. The molecule has 1 unspecified atom stereocenters. The molecule has 0 aliphatic rings. The number of halogens is 2. The van der Waals surface area contributed by atoms with Gasteiger partial charge in [0.2, 0.25) is 11.8 Å². The minimum atomic E-state index is -1.00. The lowest BCUT2D eigenvalue weighted by molar-refractivity contribution is 0.354. The first-order valence-electron chi connectivity index (χ1n) is 5.72. The predicted molar refractivity (Wildman–Crippen MR) is 67.5 cm³/mol. The minimum Gasteiger partial charge on any atom is -0.480 e. The van der Waals surface area contributed by atoms with Crippen molar-refractivity contribution in [1.29, 1.82) is 0 Å². The van der Waals surface area contributed by atoms with Crippen molar-refractivity contribution >= 4 is 0 Å². The minimum absolute atomic E-state index is 0.0252. The van der Waals surface area contributed by atoms with Gasteiger partial charge in [0.1, 0.15) is 17.3 Å². The van der Waals surface area contributed by atoms with Crippen LogP contribution in [0.1, 0.15) is 17.3 Å². The van der Waals surface area contributed by atoms with Crippen LogP contribution in [-0.2, 0) is 0 Å². The molecule has 5 nitrogen and oxygen atoms in total. The van der Waals surface area contributed by atoms with Gasteiger partial charge in [-0.1, -0.05) is 0 Å². The number of methoxy groups -OCH3 is 2. The summed E-state index contributed by atoms with van der Waals surface area (Å²) in [5.41, 5.74) is 6.09. The molecule has 1 atom stereocenters. The second-order valence-electron chi connectivity index (χ2n) is 3.95. The third-order valence-electron chi connectivity index (χ3n) is 2.74. The molecule has 0 saturated heterocycles. The van der Waals surface area contributed by atoms with Gasteiger partial charge in [-0.3, -0.25) is 0 Å². The lowest BCUT2D eigenvalue weighted by Crippen LogP contribution is -2.17. The van der Waals surface area contributed by atoms with Crippen LogP contribution in [0.5, 0.6) is 11.8 Å². The van der Waals surface area contributed by atoms with E-state index in [1.54, 1.807) is 0 Å². The van der Waals surface area contributed by atoms with Gasteiger partial charge in [0.15, 0.2) is 0 Å². The molecule has 7 heteroatoms. The van der Waals surface area contributed by atoms with Crippen LogP contribution < -0.4 is 15.2 Å². The highest BCUT2D eigenvalue weighted by Gasteiger charge is 2.21. The van der Waals surface area contributed by atoms with Crippen molar-refractivity contribution in [1.82, 2.24) is 9.97 Å². The number of nitrogens with zero attached hydrogens (tertiary/aromatic N) is 2. The van der Waals surface area contributed by atoms with E-state index < -0.39 is 17.7 Å². The van der Waals surface area contributed by atoms with Crippen LogP contribution in [0, 0.1) is 11.6 Å². The largest absolute Gasteiger partial charge is 0.480 e. The molecule has 1 heterocycles. The van der Waals surface area contributed by atoms with Crippen LogP contribution in [-0.4, -0.2) is 24.2 Å². The lowest BCUT2D eigenvalue weighted by atomic mass is 10.0. The van der Waals surface area contributed by atoms with E-state index in [4.69, 9.17) is 15.2 Å². The fourth-order valence-corrected chi connectivity index (χ4v) is 1.73. The highest BCUT2D eigenvalue weighted by Crippen LogP contribution is 2.28. The summed E-state index contributed by atoms with van der Waals surface area (Å²) in [5.74, 6) is -0.881. The standard InChI is InChI=1S/C13H13F2N3O2/c1-19-10-6-17-12(13(18-10)20-2)11(16)8-5-7(14)3-4-9(8)15/h3-6,11H,16H2,1-2H3. The topological polar surface area (TPSA) is 70.3 Å². The first kappa shape index (κ1) is 14.1. The van der Waals surface area contributed by atoms with Crippen LogP contribution in [0.25, 0.3) is 0 Å². The van der Waals surface area contributed by atoms with E-state index in [-0.39, 0.29) is 23.0 Å². The number of rotatable bonds is 4. The summed E-state index contributed by atoms with van der Waals surface area (Å²) in [6.45, 7) is 0. The molecule has 0 fully saturated rings. The molecule has 20 heavy (non-hydrogen) atoms. The van der Waals surface area contributed by atoms with Crippen molar-refractivity contribution in [3.05, 3.63) is 47.3 Å². The third-order valence-corrected chi connectivity index (χ3v) is 2.74. The second-order valence-corrected chi connectivity index (χ2v) is 3.95. The summed E-state index contributed by atoms with van der Waals surface area (Å²) in [7, 11) is 2.80. The number of hydrogen-bond donors (Lipinski definition) is 1. The molecule has 106 valence electrons. The fourth-order valence-electron chi connectivity index (χ4n) is 1.73.